The number of aliphatic hydroxyl groups is 1. The molecule has 4 heterocycles. The van der Waals surface area contributed by atoms with Crippen LogP contribution in [-0.2, 0) is 22.6 Å². The molecule has 0 radical (unpaired) electrons. The Morgan fingerprint density at radius 1 is 1.21 bits per heavy atom. The number of rotatable bonds is 9. The van der Waals surface area contributed by atoms with Crippen molar-refractivity contribution in [2.75, 3.05) is 26.2 Å². The minimum atomic E-state index is -0.717. The van der Waals surface area contributed by atoms with Gasteiger partial charge in [0.2, 0.25) is 11.8 Å². The van der Waals surface area contributed by atoms with Crippen molar-refractivity contribution in [3.63, 3.8) is 0 Å². The Bertz CT molecular complexity index is 1150. The number of carbonyl (C=O) groups excluding carboxylic acids is 2. The van der Waals surface area contributed by atoms with E-state index < -0.39 is 23.6 Å². The number of nitrogens with zero attached hydrogens (tertiary/aromatic N) is 6. The minimum Gasteiger partial charge on any atom is -0.391 e. The van der Waals surface area contributed by atoms with Crippen LogP contribution in [0.3, 0.4) is 0 Å². The molecule has 0 spiro atoms. The number of nitrogens with one attached hydrogen (secondary N) is 1. The van der Waals surface area contributed by atoms with Crippen LogP contribution in [0, 0.1) is 11.3 Å². The first-order chi connectivity index (χ1) is 18.6. The summed E-state index contributed by atoms with van der Waals surface area (Å²) >= 11 is 1.73. The van der Waals surface area contributed by atoms with Gasteiger partial charge in [0.1, 0.15) is 12.1 Å². The quantitative estimate of drug-likeness (QED) is 0.487. The van der Waals surface area contributed by atoms with Crippen molar-refractivity contribution in [2.24, 2.45) is 11.3 Å². The summed E-state index contributed by atoms with van der Waals surface area (Å²) < 4.78 is 1.66. The molecule has 0 aromatic carbocycles. The van der Waals surface area contributed by atoms with E-state index in [4.69, 9.17) is 0 Å². The van der Waals surface area contributed by atoms with Crippen LogP contribution in [0.1, 0.15) is 88.2 Å². The van der Waals surface area contributed by atoms with Gasteiger partial charge in [-0.25, -0.2) is 9.67 Å². The molecule has 0 bridgehead atoms. The third-order valence-electron chi connectivity index (χ3n) is 8.27. The molecule has 0 unspecified atom stereocenters. The Kier molecular flexibility index (Phi) is 8.40. The predicted octanol–water partition coefficient (Wildman–Crippen LogP) is 2.75. The van der Waals surface area contributed by atoms with Crippen LogP contribution in [0.25, 0.3) is 0 Å². The number of hydrogen-bond donors (Lipinski definition) is 2. The van der Waals surface area contributed by atoms with E-state index in [1.54, 1.807) is 20.9 Å². The third-order valence-corrected chi connectivity index (χ3v) is 9.31. The number of aromatic nitrogens is 4. The Labute approximate surface area is 235 Å². The molecule has 1 aliphatic carbocycles. The van der Waals surface area contributed by atoms with E-state index in [1.165, 1.54) is 5.01 Å². The highest BCUT2D eigenvalue weighted by Crippen LogP contribution is 2.40. The average molecular weight is 558 g/mol. The zero-order valence-electron chi connectivity index (χ0n) is 23.7. The number of aliphatic hydroxyl groups excluding tert-OH is 1. The van der Waals surface area contributed by atoms with Crippen LogP contribution >= 0.6 is 11.3 Å². The van der Waals surface area contributed by atoms with Gasteiger partial charge in [-0.05, 0) is 56.5 Å². The highest BCUT2D eigenvalue weighted by molar-refractivity contribution is 7.09. The molecule has 2 saturated heterocycles. The summed E-state index contributed by atoms with van der Waals surface area (Å²) in [6, 6.07) is -1.28. The van der Waals surface area contributed by atoms with Gasteiger partial charge >= 0.3 is 0 Å². The summed E-state index contributed by atoms with van der Waals surface area (Å²) in [5.41, 5.74) is 1.64. The molecule has 2 aromatic rings. The molecule has 214 valence electrons. The first-order valence-corrected chi connectivity index (χ1v) is 15.3. The molecule has 5 rings (SSSR count). The number of carbonyl (C=O) groups is 2. The molecule has 39 heavy (non-hydrogen) atoms. The largest absolute Gasteiger partial charge is 0.391 e. The van der Waals surface area contributed by atoms with Crippen molar-refractivity contribution in [3.05, 3.63) is 28.0 Å². The summed E-state index contributed by atoms with van der Waals surface area (Å²) in [4.78, 5) is 35.9. The number of amides is 2. The van der Waals surface area contributed by atoms with Gasteiger partial charge in [0.05, 0.1) is 22.5 Å². The maximum atomic E-state index is 13.9. The van der Waals surface area contributed by atoms with E-state index in [-0.39, 0.29) is 24.8 Å². The second kappa shape index (κ2) is 11.6. The molecule has 2 N–H and O–H groups in total. The van der Waals surface area contributed by atoms with Crippen molar-refractivity contribution in [1.29, 1.82) is 0 Å². The Hall–Kier alpha value is -2.37. The van der Waals surface area contributed by atoms with Crippen molar-refractivity contribution in [3.8, 4) is 0 Å². The lowest BCUT2D eigenvalue weighted by Crippen LogP contribution is -2.51. The Morgan fingerprint density at radius 2 is 1.95 bits per heavy atom. The smallest absolute Gasteiger partial charge is 0.248 e. The minimum absolute atomic E-state index is 0.155. The van der Waals surface area contributed by atoms with E-state index in [1.807, 2.05) is 27.0 Å². The fraction of sp³-hybridized carbons (Fsp3) is 0.750. The molecule has 2 aromatic heterocycles. The molecule has 11 heteroatoms. The Balaban J connectivity index is 1.16. The second-order valence-corrected chi connectivity index (χ2v) is 13.6. The molecule has 3 aliphatic rings. The summed E-state index contributed by atoms with van der Waals surface area (Å²) in [5, 5.41) is 25.6. The van der Waals surface area contributed by atoms with E-state index in [0.717, 1.165) is 63.1 Å². The van der Waals surface area contributed by atoms with Crippen LogP contribution in [-0.4, -0.2) is 85.0 Å². The van der Waals surface area contributed by atoms with E-state index in [9.17, 15) is 14.7 Å². The number of likely N-dealkylation sites (tertiary alicyclic amines) is 2. The highest BCUT2D eigenvalue weighted by Gasteiger charge is 2.45. The summed E-state index contributed by atoms with van der Waals surface area (Å²) in [6.07, 6.45) is 6.65. The lowest BCUT2D eigenvalue weighted by atomic mass is 9.85. The van der Waals surface area contributed by atoms with E-state index in [0.29, 0.717) is 18.4 Å². The second-order valence-electron chi connectivity index (χ2n) is 12.6. The zero-order valence-corrected chi connectivity index (χ0v) is 24.5. The summed E-state index contributed by atoms with van der Waals surface area (Å²) in [7, 11) is 0. The van der Waals surface area contributed by atoms with Crippen LogP contribution in [0.5, 0.6) is 0 Å². The molecule has 2 aliphatic heterocycles. The van der Waals surface area contributed by atoms with Crippen molar-refractivity contribution in [2.45, 2.75) is 96.9 Å². The van der Waals surface area contributed by atoms with Crippen molar-refractivity contribution < 1.29 is 14.7 Å². The maximum absolute atomic E-state index is 13.9. The van der Waals surface area contributed by atoms with Gasteiger partial charge in [0, 0.05) is 43.5 Å². The molecule has 10 nitrogen and oxygen atoms in total. The van der Waals surface area contributed by atoms with Gasteiger partial charge in [-0.3, -0.25) is 14.5 Å². The van der Waals surface area contributed by atoms with Crippen LogP contribution in [0.2, 0.25) is 0 Å². The van der Waals surface area contributed by atoms with Crippen molar-refractivity contribution in [1.82, 2.24) is 35.1 Å². The monoisotopic (exact) mass is 557 g/mol. The number of aryl methyl sites for hydroxylation is 1. The summed E-state index contributed by atoms with van der Waals surface area (Å²) in [6.45, 7) is 11.7. The number of hydrogen-bond acceptors (Lipinski definition) is 8. The summed E-state index contributed by atoms with van der Waals surface area (Å²) in [5.74, 6) is 0.477. The van der Waals surface area contributed by atoms with Crippen LogP contribution in [0.4, 0.5) is 0 Å². The SMILES string of the molecule is CCc1nc(CN2CCC(CNC(=O)[C@@H]3C[C@@H](O)CN3C(=O)[C@@H](n3cc(C4CC4)nn3)C(C)(C)C)CC2)cs1. The number of β-amino-alcohol motifs (C(OH)–C–C–N with tert-alkyl or cyclic N) is 1. The molecule has 2 amide bonds. The first-order valence-electron chi connectivity index (χ1n) is 14.5. The third kappa shape index (κ3) is 6.69. The van der Waals surface area contributed by atoms with Crippen LogP contribution < -0.4 is 5.32 Å². The van der Waals surface area contributed by atoms with Crippen LogP contribution in [0.15, 0.2) is 11.6 Å². The molecular weight excluding hydrogens is 514 g/mol. The fourth-order valence-corrected chi connectivity index (χ4v) is 6.59. The van der Waals surface area contributed by atoms with E-state index in [2.05, 4.69) is 37.8 Å². The molecular formula is C28H43N7O3S. The van der Waals surface area contributed by atoms with Gasteiger partial charge in [-0.2, -0.15) is 0 Å². The first kappa shape index (κ1) is 28.2. The average Bonchev–Trinajstić information content (AvgIpc) is 3.27. The molecule has 3 fully saturated rings. The normalized spacial score (nSPS) is 23.8. The number of piperidine rings is 1. The fourth-order valence-electron chi connectivity index (χ4n) is 5.85. The lowest BCUT2D eigenvalue weighted by molar-refractivity contribution is -0.144. The molecule has 3 atom stereocenters. The highest BCUT2D eigenvalue weighted by atomic mass is 32.1. The topological polar surface area (TPSA) is 116 Å². The van der Waals surface area contributed by atoms with Gasteiger partial charge < -0.3 is 15.3 Å². The van der Waals surface area contributed by atoms with Crippen molar-refractivity contribution >= 4 is 23.2 Å². The van der Waals surface area contributed by atoms with Gasteiger partial charge in [-0.15, -0.1) is 16.4 Å². The van der Waals surface area contributed by atoms with Gasteiger partial charge in [-0.1, -0.05) is 32.9 Å². The number of thiazole rings is 1. The van der Waals surface area contributed by atoms with Gasteiger partial charge in [0.15, 0.2) is 0 Å². The van der Waals surface area contributed by atoms with E-state index >= 15 is 0 Å². The maximum Gasteiger partial charge on any atom is 0.248 e. The standard InChI is InChI=1S/C28H43N7O3S/c1-5-24-30-20(17-39-24)14-33-10-8-18(9-11-33)13-29-26(37)23-12-21(36)15-34(23)27(38)25(28(2,3)4)35-16-22(31-32-35)19-6-7-19/h16-19,21,23,25,36H,5-15H2,1-4H3,(H,29,37)/t21-,23+,25-/m1/s1. The van der Waals surface area contributed by atoms with Gasteiger partial charge in [0.25, 0.3) is 0 Å². The predicted molar refractivity (Wildman–Crippen MR) is 149 cm³/mol. The zero-order chi connectivity index (χ0) is 27.7. The Morgan fingerprint density at radius 3 is 2.59 bits per heavy atom. The molecule has 1 saturated carbocycles. The lowest BCUT2D eigenvalue weighted by Gasteiger charge is -2.35.